The third-order valence-corrected chi connectivity index (χ3v) is 3.90. The van der Waals surface area contributed by atoms with Crippen LogP contribution in [0, 0.1) is 5.82 Å². The van der Waals surface area contributed by atoms with E-state index < -0.39 is 0 Å². The van der Waals surface area contributed by atoms with Crippen LogP contribution in [0.3, 0.4) is 0 Å². The number of hydrogen-bond acceptors (Lipinski definition) is 4. The van der Waals surface area contributed by atoms with E-state index in [0.29, 0.717) is 17.1 Å². The van der Waals surface area contributed by atoms with Gasteiger partial charge in [0.05, 0.1) is 20.3 Å². The Labute approximate surface area is 131 Å². The molecule has 0 bridgehead atoms. The van der Waals surface area contributed by atoms with E-state index in [9.17, 15) is 4.39 Å². The van der Waals surface area contributed by atoms with Crippen molar-refractivity contribution in [1.29, 1.82) is 0 Å². The Morgan fingerprint density at radius 3 is 2.43 bits per heavy atom. The van der Waals surface area contributed by atoms with Gasteiger partial charge in [-0.15, -0.1) is 0 Å². The maximum Gasteiger partial charge on any atom is 0.161 e. The van der Waals surface area contributed by atoms with E-state index in [1.807, 2.05) is 6.07 Å². The summed E-state index contributed by atoms with van der Waals surface area (Å²) < 4.78 is 24.7. The first-order valence-electron chi connectivity index (χ1n) is 6.23. The lowest BCUT2D eigenvalue weighted by atomic mass is 9.98. The molecule has 0 radical (unpaired) electrons. The molecular formula is C15H16BrFN2O2. The van der Waals surface area contributed by atoms with E-state index in [0.717, 1.165) is 10.0 Å². The average Bonchev–Trinajstić information content (AvgIpc) is 2.51. The van der Waals surface area contributed by atoms with Crippen molar-refractivity contribution in [3.05, 3.63) is 57.8 Å². The topological polar surface area (TPSA) is 56.5 Å². The molecule has 21 heavy (non-hydrogen) atoms. The van der Waals surface area contributed by atoms with Gasteiger partial charge in [0.15, 0.2) is 11.5 Å². The number of nitrogens with two attached hydrogens (primary N) is 1. The lowest BCUT2D eigenvalue weighted by Crippen LogP contribution is -2.29. The largest absolute Gasteiger partial charge is 0.493 e. The Morgan fingerprint density at radius 1 is 1.10 bits per heavy atom. The first kappa shape index (κ1) is 15.8. The quantitative estimate of drug-likeness (QED) is 0.639. The van der Waals surface area contributed by atoms with Gasteiger partial charge in [0.25, 0.3) is 0 Å². The second-order valence-corrected chi connectivity index (χ2v) is 5.23. The second kappa shape index (κ2) is 6.89. The Hall–Kier alpha value is -1.63. The number of hydrazine groups is 1. The Bertz CT molecular complexity index is 637. The Balaban J connectivity index is 2.48. The van der Waals surface area contributed by atoms with Gasteiger partial charge in [0.1, 0.15) is 5.82 Å². The van der Waals surface area contributed by atoms with Gasteiger partial charge in [0, 0.05) is 4.47 Å². The molecule has 0 aliphatic carbocycles. The summed E-state index contributed by atoms with van der Waals surface area (Å²) in [6, 6.07) is 9.53. The molecule has 3 N–H and O–H groups in total. The van der Waals surface area contributed by atoms with Crippen LogP contribution in [0.25, 0.3) is 0 Å². The van der Waals surface area contributed by atoms with Gasteiger partial charge in [-0.05, 0) is 41.5 Å². The lowest BCUT2D eigenvalue weighted by molar-refractivity contribution is 0.354. The summed E-state index contributed by atoms with van der Waals surface area (Å²) in [7, 11) is 3.13. The smallest absolute Gasteiger partial charge is 0.161 e. The van der Waals surface area contributed by atoms with Gasteiger partial charge in [0.2, 0.25) is 0 Å². The van der Waals surface area contributed by atoms with Crippen molar-refractivity contribution in [2.24, 2.45) is 5.84 Å². The normalized spacial score (nSPS) is 12.0. The highest BCUT2D eigenvalue weighted by molar-refractivity contribution is 9.10. The molecule has 0 spiro atoms. The van der Waals surface area contributed by atoms with E-state index in [-0.39, 0.29) is 11.9 Å². The van der Waals surface area contributed by atoms with E-state index in [1.54, 1.807) is 32.4 Å². The minimum Gasteiger partial charge on any atom is -0.493 e. The van der Waals surface area contributed by atoms with Crippen molar-refractivity contribution < 1.29 is 13.9 Å². The lowest BCUT2D eigenvalue weighted by Gasteiger charge is -2.20. The number of methoxy groups -OCH3 is 2. The molecule has 112 valence electrons. The molecule has 1 atom stereocenters. The maximum atomic E-state index is 13.5. The fourth-order valence-electron chi connectivity index (χ4n) is 2.13. The molecule has 0 saturated carbocycles. The molecule has 6 heteroatoms. The molecule has 0 fully saturated rings. The number of halogens is 2. The fraction of sp³-hybridized carbons (Fsp3) is 0.200. The summed E-state index contributed by atoms with van der Waals surface area (Å²) in [5.74, 6) is 6.53. The molecule has 2 aromatic carbocycles. The van der Waals surface area contributed by atoms with Crippen LogP contribution in [0.4, 0.5) is 4.39 Å². The molecule has 0 aliphatic rings. The van der Waals surface area contributed by atoms with Crippen LogP contribution in [0.1, 0.15) is 17.2 Å². The van der Waals surface area contributed by atoms with Gasteiger partial charge < -0.3 is 9.47 Å². The van der Waals surface area contributed by atoms with Crippen molar-refractivity contribution in [2.45, 2.75) is 6.04 Å². The maximum absolute atomic E-state index is 13.5. The molecule has 2 rings (SSSR count). The molecule has 0 saturated heterocycles. The molecular weight excluding hydrogens is 339 g/mol. The zero-order valence-corrected chi connectivity index (χ0v) is 13.3. The van der Waals surface area contributed by atoms with Gasteiger partial charge in [-0.25, -0.2) is 9.82 Å². The zero-order chi connectivity index (χ0) is 15.4. The van der Waals surface area contributed by atoms with Crippen LogP contribution in [0.2, 0.25) is 0 Å². The molecule has 4 nitrogen and oxygen atoms in total. The summed E-state index contributed by atoms with van der Waals surface area (Å²) in [5.41, 5.74) is 4.23. The zero-order valence-electron chi connectivity index (χ0n) is 11.7. The standard InChI is InChI=1S/C15H16BrFN2O2/c1-20-13-6-3-9(7-14(13)21-2)15(19-18)11-8-10(17)4-5-12(11)16/h3-8,15,19H,18H2,1-2H3. The summed E-state index contributed by atoms with van der Waals surface area (Å²) in [5, 5.41) is 0. The monoisotopic (exact) mass is 354 g/mol. The van der Waals surface area contributed by atoms with Gasteiger partial charge in [-0.3, -0.25) is 5.84 Å². The van der Waals surface area contributed by atoms with E-state index in [4.69, 9.17) is 15.3 Å². The van der Waals surface area contributed by atoms with Crippen molar-refractivity contribution in [3.8, 4) is 11.5 Å². The highest BCUT2D eigenvalue weighted by Gasteiger charge is 2.18. The molecule has 0 aliphatic heterocycles. The van der Waals surface area contributed by atoms with Crippen LogP contribution in [0.15, 0.2) is 40.9 Å². The molecule has 0 heterocycles. The van der Waals surface area contributed by atoms with Crippen LogP contribution < -0.4 is 20.7 Å². The Kier molecular flexibility index (Phi) is 5.17. The summed E-state index contributed by atoms with van der Waals surface area (Å²) in [6.45, 7) is 0. The number of rotatable bonds is 5. The van der Waals surface area contributed by atoms with Crippen LogP contribution in [0.5, 0.6) is 11.5 Å². The SMILES string of the molecule is COc1ccc(C(NN)c2cc(F)ccc2Br)cc1OC. The number of benzene rings is 2. The van der Waals surface area contributed by atoms with Gasteiger partial charge in [-0.1, -0.05) is 22.0 Å². The van der Waals surface area contributed by atoms with E-state index in [2.05, 4.69) is 21.4 Å². The highest BCUT2D eigenvalue weighted by atomic mass is 79.9. The summed E-state index contributed by atoms with van der Waals surface area (Å²) in [4.78, 5) is 0. The minimum absolute atomic E-state index is 0.325. The fourth-order valence-corrected chi connectivity index (χ4v) is 2.61. The van der Waals surface area contributed by atoms with E-state index >= 15 is 0 Å². The van der Waals surface area contributed by atoms with Crippen molar-refractivity contribution in [2.75, 3.05) is 14.2 Å². The predicted molar refractivity (Wildman–Crippen MR) is 82.8 cm³/mol. The first-order chi connectivity index (χ1) is 10.1. The number of nitrogens with one attached hydrogen (secondary N) is 1. The molecule has 0 amide bonds. The van der Waals surface area contributed by atoms with E-state index in [1.165, 1.54) is 12.1 Å². The Morgan fingerprint density at radius 2 is 1.81 bits per heavy atom. The summed E-state index contributed by atoms with van der Waals surface area (Å²) in [6.07, 6.45) is 0. The van der Waals surface area contributed by atoms with Crippen molar-refractivity contribution in [3.63, 3.8) is 0 Å². The highest BCUT2D eigenvalue weighted by Crippen LogP contribution is 2.34. The first-order valence-corrected chi connectivity index (χ1v) is 7.03. The number of hydrogen-bond donors (Lipinski definition) is 2. The van der Waals surface area contributed by atoms with Crippen LogP contribution >= 0.6 is 15.9 Å². The van der Waals surface area contributed by atoms with Gasteiger partial charge >= 0.3 is 0 Å². The average molecular weight is 355 g/mol. The summed E-state index contributed by atoms with van der Waals surface area (Å²) >= 11 is 3.41. The van der Waals surface area contributed by atoms with Crippen molar-refractivity contribution in [1.82, 2.24) is 5.43 Å². The van der Waals surface area contributed by atoms with Gasteiger partial charge in [-0.2, -0.15) is 0 Å². The van der Waals surface area contributed by atoms with Crippen LogP contribution in [-0.2, 0) is 0 Å². The number of ether oxygens (including phenoxy) is 2. The second-order valence-electron chi connectivity index (χ2n) is 4.38. The van der Waals surface area contributed by atoms with Crippen LogP contribution in [-0.4, -0.2) is 14.2 Å². The molecule has 1 unspecified atom stereocenters. The predicted octanol–water partition coefficient (Wildman–Crippen LogP) is 3.16. The third kappa shape index (κ3) is 3.34. The van der Waals surface area contributed by atoms with Crippen molar-refractivity contribution >= 4 is 15.9 Å². The molecule has 2 aromatic rings. The molecule has 0 aromatic heterocycles. The third-order valence-electron chi connectivity index (χ3n) is 3.18. The minimum atomic E-state index is -0.380.